The van der Waals surface area contributed by atoms with Crippen LogP contribution in [0.4, 0.5) is 4.79 Å². The predicted octanol–water partition coefficient (Wildman–Crippen LogP) is 9.18. The minimum absolute atomic E-state index is 0.00194. The van der Waals surface area contributed by atoms with Crippen LogP contribution in [0.5, 0.6) is 0 Å². The number of nitrogens with one attached hydrogen (secondary N) is 1. The maximum Gasteiger partial charge on any atom is 0.407 e. The molecule has 1 fully saturated rings. The highest BCUT2D eigenvalue weighted by atomic mass is 32.2. The molecule has 378 valence electrons. The summed E-state index contributed by atoms with van der Waals surface area (Å²) in [5.74, 6) is -2.31. The Labute approximate surface area is 403 Å². The Morgan fingerprint density at radius 2 is 1.07 bits per heavy atom. The molecule has 16 heteroatoms. The number of carbonyl (C=O) groups is 3. The van der Waals surface area contributed by atoms with E-state index in [9.17, 15) is 32.5 Å². The number of hydrogen-bond acceptors (Lipinski definition) is 13. The van der Waals surface area contributed by atoms with Crippen LogP contribution in [0.3, 0.4) is 0 Å². The molecule has 1 saturated heterocycles. The van der Waals surface area contributed by atoms with E-state index in [0.717, 1.165) is 36.0 Å². The number of aliphatic hydroxyl groups excluding tert-OH is 1. The van der Waals surface area contributed by atoms with Gasteiger partial charge in [-0.15, -0.1) is 0 Å². The van der Waals surface area contributed by atoms with Crippen LogP contribution in [-0.4, -0.2) is 98.4 Å². The number of esters is 2. The highest BCUT2D eigenvalue weighted by Gasteiger charge is 2.51. The van der Waals surface area contributed by atoms with Crippen molar-refractivity contribution in [3.05, 3.63) is 108 Å². The van der Waals surface area contributed by atoms with E-state index in [1.165, 1.54) is 70.6 Å². The zero-order chi connectivity index (χ0) is 48.7. The van der Waals surface area contributed by atoms with Crippen LogP contribution in [-0.2, 0) is 72.7 Å². The number of amides is 1. The van der Waals surface area contributed by atoms with Gasteiger partial charge in [0.1, 0.15) is 43.4 Å². The second-order valence-corrected chi connectivity index (χ2v) is 18.9. The minimum Gasteiger partial charge on any atom is -0.463 e. The molecular weight excluding hydrogens is 895 g/mol. The highest BCUT2D eigenvalue weighted by Crippen LogP contribution is 2.32. The largest absolute Gasteiger partial charge is 0.463 e. The first-order valence-electron chi connectivity index (χ1n) is 24.5. The van der Waals surface area contributed by atoms with Crippen LogP contribution in [0.2, 0.25) is 0 Å². The molecule has 0 radical (unpaired) electrons. The molecule has 1 aliphatic heterocycles. The van der Waals surface area contributed by atoms with E-state index in [4.69, 9.17) is 33.2 Å². The number of alkyl carbamates (subject to hydrolysis) is 1. The van der Waals surface area contributed by atoms with Crippen LogP contribution in [0.25, 0.3) is 0 Å². The van der Waals surface area contributed by atoms with Gasteiger partial charge in [-0.05, 0) is 23.1 Å². The van der Waals surface area contributed by atoms with Gasteiger partial charge in [0.05, 0.1) is 26.2 Å². The Morgan fingerprint density at radius 3 is 1.59 bits per heavy atom. The maximum absolute atomic E-state index is 13.4. The summed E-state index contributed by atoms with van der Waals surface area (Å²) in [7, 11) is -4.76. The lowest BCUT2D eigenvalue weighted by Gasteiger charge is -2.45. The molecule has 3 aromatic rings. The van der Waals surface area contributed by atoms with Crippen molar-refractivity contribution in [1.29, 1.82) is 0 Å². The van der Waals surface area contributed by atoms with Gasteiger partial charge in [-0.3, -0.25) is 14.1 Å². The lowest BCUT2D eigenvalue weighted by molar-refractivity contribution is -0.317. The van der Waals surface area contributed by atoms with Gasteiger partial charge in [0.15, 0.2) is 12.4 Å². The first kappa shape index (κ1) is 56.2. The van der Waals surface area contributed by atoms with Crippen molar-refractivity contribution in [1.82, 2.24) is 5.32 Å². The van der Waals surface area contributed by atoms with Gasteiger partial charge in [0.25, 0.3) is 10.1 Å². The number of rotatable bonds is 35. The molecule has 0 aromatic heterocycles. The zero-order valence-electron chi connectivity index (χ0n) is 39.8. The lowest BCUT2D eigenvalue weighted by atomic mass is 9.98. The van der Waals surface area contributed by atoms with Crippen LogP contribution in [0, 0.1) is 0 Å². The average molecular weight is 970 g/mol. The summed E-state index contributed by atoms with van der Waals surface area (Å²) >= 11 is 0. The van der Waals surface area contributed by atoms with E-state index in [0.29, 0.717) is 6.42 Å². The zero-order valence-corrected chi connectivity index (χ0v) is 40.6. The molecule has 0 spiro atoms. The van der Waals surface area contributed by atoms with Crippen molar-refractivity contribution in [2.45, 2.75) is 173 Å². The molecule has 68 heavy (non-hydrogen) atoms. The van der Waals surface area contributed by atoms with Crippen molar-refractivity contribution in [3.63, 3.8) is 0 Å². The fraction of sp³-hybridized carbons (Fsp3) is 0.596. The van der Waals surface area contributed by atoms with Crippen molar-refractivity contribution in [2.75, 3.05) is 25.5 Å². The first-order valence-corrected chi connectivity index (χ1v) is 26.1. The Kier molecular flexibility index (Phi) is 27.4. The standard InChI is InChI=1S/C52H75NO14S/c1-2-3-4-5-6-7-8-9-10-11-12-13-14-15-25-32-46(55)61-38-44(54)39-64-51-50(63-36-42-28-21-17-22-29-42)49(62-35-41-26-19-16-20-27-41)48(45(66-51)40-68(58,59)60)67-47(56)33-34-53-52(57)65-37-43-30-23-18-24-31-43/h16-24,26-31,44-45,48-51,54H,2-15,25,32-40H2,1H3,(H,53,57)(H,58,59,60). The number of aliphatic hydroxyl groups is 1. The van der Waals surface area contributed by atoms with Gasteiger partial charge >= 0.3 is 18.0 Å². The Bertz CT molecular complexity index is 1920. The van der Waals surface area contributed by atoms with Crippen LogP contribution in [0.15, 0.2) is 91.0 Å². The molecule has 1 heterocycles. The van der Waals surface area contributed by atoms with Gasteiger partial charge in [0.2, 0.25) is 0 Å². The molecule has 0 saturated carbocycles. The third kappa shape index (κ3) is 24.2. The Balaban J connectivity index is 1.33. The first-order chi connectivity index (χ1) is 33.0. The monoisotopic (exact) mass is 969 g/mol. The molecule has 4 rings (SSSR count). The Morgan fingerprint density at radius 1 is 0.588 bits per heavy atom. The molecule has 0 bridgehead atoms. The lowest BCUT2D eigenvalue weighted by Crippen LogP contribution is -2.62. The second-order valence-electron chi connectivity index (χ2n) is 17.4. The molecule has 6 unspecified atom stereocenters. The van der Waals surface area contributed by atoms with Gasteiger partial charge in [-0.2, -0.15) is 8.42 Å². The fourth-order valence-corrected chi connectivity index (χ4v) is 8.49. The van der Waals surface area contributed by atoms with E-state index in [2.05, 4.69) is 12.2 Å². The molecule has 1 amide bonds. The number of unbranched alkanes of at least 4 members (excludes halogenated alkanes) is 14. The van der Waals surface area contributed by atoms with Gasteiger partial charge in [-0.1, -0.05) is 188 Å². The van der Waals surface area contributed by atoms with Crippen molar-refractivity contribution < 1.29 is 65.6 Å². The quantitative estimate of drug-likeness (QED) is 0.0218. The van der Waals surface area contributed by atoms with E-state index in [-0.39, 0.29) is 45.8 Å². The third-order valence-electron chi connectivity index (χ3n) is 11.5. The molecule has 15 nitrogen and oxygen atoms in total. The Hall–Kier alpha value is -4.42. The minimum atomic E-state index is -4.76. The third-order valence-corrected chi connectivity index (χ3v) is 12.2. The molecular formula is C52H75NO14S. The summed E-state index contributed by atoms with van der Waals surface area (Å²) in [5.41, 5.74) is 2.26. The smallest absolute Gasteiger partial charge is 0.407 e. The molecule has 1 aliphatic rings. The molecule has 3 aromatic carbocycles. The normalized spacial score (nSPS) is 18.7. The summed E-state index contributed by atoms with van der Waals surface area (Å²) in [6.45, 7) is 1.25. The van der Waals surface area contributed by atoms with Gasteiger partial charge < -0.3 is 43.6 Å². The number of benzene rings is 3. The molecule has 0 aliphatic carbocycles. The summed E-state index contributed by atoms with van der Waals surface area (Å²) < 4.78 is 76.4. The SMILES string of the molecule is CCCCCCCCCCCCCCCCCC(=O)OCC(O)COC1OC(CS(=O)(=O)O)C(OC(=O)CCNC(=O)OCc2ccccc2)C(OCc2ccccc2)C1OCc1ccccc1. The second kappa shape index (κ2) is 33.2. The average Bonchev–Trinajstić information content (AvgIpc) is 3.33. The van der Waals surface area contributed by atoms with E-state index in [1.807, 2.05) is 78.9 Å². The summed E-state index contributed by atoms with van der Waals surface area (Å²) in [5, 5.41) is 13.4. The van der Waals surface area contributed by atoms with Crippen molar-refractivity contribution >= 4 is 28.1 Å². The molecule has 6 atom stereocenters. The van der Waals surface area contributed by atoms with E-state index in [1.54, 1.807) is 12.1 Å². The number of ether oxygens (including phenoxy) is 7. The summed E-state index contributed by atoms with van der Waals surface area (Å²) in [6, 6.07) is 27.3. The number of hydrogen-bond donors (Lipinski definition) is 3. The predicted molar refractivity (Wildman–Crippen MR) is 257 cm³/mol. The summed E-state index contributed by atoms with van der Waals surface area (Å²) in [4.78, 5) is 38.4. The molecule has 3 N–H and O–H groups in total. The van der Waals surface area contributed by atoms with Gasteiger partial charge in [-0.25, -0.2) is 4.79 Å². The van der Waals surface area contributed by atoms with Crippen LogP contribution in [0.1, 0.15) is 133 Å². The van der Waals surface area contributed by atoms with E-state index >= 15 is 0 Å². The van der Waals surface area contributed by atoms with Crippen molar-refractivity contribution in [2.24, 2.45) is 0 Å². The number of carbonyl (C=O) groups excluding carboxylic acids is 3. The summed E-state index contributed by atoms with van der Waals surface area (Å²) in [6.07, 6.45) is 9.06. The van der Waals surface area contributed by atoms with Gasteiger partial charge in [0, 0.05) is 13.0 Å². The van der Waals surface area contributed by atoms with Crippen LogP contribution >= 0.6 is 0 Å². The van der Waals surface area contributed by atoms with Crippen LogP contribution < -0.4 is 5.32 Å². The topological polar surface area (TPSA) is 202 Å². The maximum atomic E-state index is 13.4. The van der Waals surface area contributed by atoms with Crippen molar-refractivity contribution in [3.8, 4) is 0 Å². The highest BCUT2D eigenvalue weighted by molar-refractivity contribution is 7.85. The fourth-order valence-electron chi connectivity index (χ4n) is 7.80. The van der Waals surface area contributed by atoms with E-state index < -0.39 is 77.3 Å².